The molecule has 1 saturated carbocycles. The molecule has 1 fully saturated rings. The zero-order valence-corrected chi connectivity index (χ0v) is 16.9. The van der Waals surface area contributed by atoms with Gasteiger partial charge in [0.2, 0.25) is 5.91 Å². The Balaban J connectivity index is 0.00000264. The van der Waals surface area contributed by atoms with Crippen molar-refractivity contribution in [1.82, 2.24) is 16.0 Å². The van der Waals surface area contributed by atoms with Crippen LogP contribution in [0.4, 0.5) is 0 Å². The molecule has 1 aliphatic carbocycles. The second kappa shape index (κ2) is 10.9. The van der Waals surface area contributed by atoms with E-state index in [-0.39, 0.29) is 29.9 Å². The minimum atomic E-state index is 0. The summed E-state index contributed by atoms with van der Waals surface area (Å²) in [6, 6.07) is 2.61. The first-order valence-electron chi connectivity index (χ1n) is 7.95. The standard InChI is InChI=1S/C16H26N4OS.HI/c1-12(13-7-9-22-11-13)10-19-16(17-2)18-8-3-4-15(21)20-14-5-6-14;/h7,9,11-12,14H,3-6,8,10H2,1-2H3,(H,20,21)(H2,17,18,19);1H. The molecule has 1 unspecified atom stereocenters. The Morgan fingerprint density at radius 3 is 2.83 bits per heavy atom. The third-order valence-corrected chi connectivity index (χ3v) is 4.43. The van der Waals surface area contributed by atoms with Crippen LogP contribution in [0.1, 0.15) is 44.1 Å². The number of hydrogen-bond donors (Lipinski definition) is 3. The van der Waals surface area contributed by atoms with E-state index in [1.54, 1.807) is 18.4 Å². The van der Waals surface area contributed by atoms with Crippen molar-refractivity contribution in [2.24, 2.45) is 4.99 Å². The zero-order valence-electron chi connectivity index (χ0n) is 13.8. The number of rotatable bonds is 8. The van der Waals surface area contributed by atoms with Gasteiger partial charge in [-0.05, 0) is 47.6 Å². The van der Waals surface area contributed by atoms with E-state index in [0.717, 1.165) is 38.3 Å². The van der Waals surface area contributed by atoms with Crippen LogP contribution in [0.15, 0.2) is 21.8 Å². The van der Waals surface area contributed by atoms with Crippen molar-refractivity contribution in [2.75, 3.05) is 20.1 Å². The van der Waals surface area contributed by atoms with Crippen LogP contribution in [0.3, 0.4) is 0 Å². The minimum Gasteiger partial charge on any atom is -0.356 e. The van der Waals surface area contributed by atoms with Gasteiger partial charge >= 0.3 is 0 Å². The third kappa shape index (κ3) is 8.01. The number of carbonyl (C=O) groups is 1. The van der Waals surface area contributed by atoms with Crippen LogP contribution in [0, 0.1) is 0 Å². The van der Waals surface area contributed by atoms with Gasteiger partial charge in [-0.1, -0.05) is 6.92 Å². The highest BCUT2D eigenvalue weighted by Crippen LogP contribution is 2.18. The summed E-state index contributed by atoms with van der Waals surface area (Å²) in [5.41, 5.74) is 1.35. The van der Waals surface area contributed by atoms with E-state index in [4.69, 9.17) is 0 Å². The van der Waals surface area contributed by atoms with Crippen LogP contribution in [0.25, 0.3) is 0 Å². The Labute approximate surface area is 159 Å². The third-order valence-electron chi connectivity index (χ3n) is 3.73. The van der Waals surface area contributed by atoms with Gasteiger partial charge in [0, 0.05) is 32.6 Å². The fraction of sp³-hybridized carbons (Fsp3) is 0.625. The monoisotopic (exact) mass is 450 g/mol. The lowest BCUT2D eigenvalue weighted by atomic mass is 10.1. The number of nitrogens with one attached hydrogen (secondary N) is 3. The Morgan fingerprint density at radius 2 is 2.22 bits per heavy atom. The molecule has 1 atom stereocenters. The number of amides is 1. The van der Waals surface area contributed by atoms with Crippen LogP contribution in [0.5, 0.6) is 0 Å². The summed E-state index contributed by atoms with van der Waals surface area (Å²) in [6.45, 7) is 3.80. The van der Waals surface area contributed by atoms with Crippen LogP contribution in [0.2, 0.25) is 0 Å². The van der Waals surface area contributed by atoms with Crippen molar-refractivity contribution in [2.45, 2.75) is 44.6 Å². The lowest BCUT2D eigenvalue weighted by Crippen LogP contribution is -2.39. The van der Waals surface area contributed by atoms with Gasteiger partial charge in [0.25, 0.3) is 0 Å². The number of thiophene rings is 1. The van der Waals surface area contributed by atoms with Gasteiger partial charge in [0.15, 0.2) is 5.96 Å². The first-order valence-corrected chi connectivity index (χ1v) is 8.89. The van der Waals surface area contributed by atoms with Crippen molar-refractivity contribution in [3.8, 4) is 0 Å². The maximum Gasteiger partial charge on any atom is 0.220 e. The molecule has 130 valence electrons. The summed E-state index contributed by atoms with van der Waals surface area (Å²) < 4.78 is 0. The Hall–Kier alpha value is -0.830. The van der Waals surface area contributed by atoms with E-state index in [0.29, 0.717) is 18.4 Å². The molecule has 0 aromatic carbocycles. The summed E-state index contributed by atoms with van der Waals surface area (Å²) in [5, 5.41) is 13.9. The molecule has 0 radical (unpaired) electrons. The molecular weight excluding hydrogens is 423 g/mol. The van der Waals surface area contributed by atoms with E-state index in [9.17, 15) is 4.79 Å². The molecule has 1 aliphatic rings. The highest BCUT2D eigenvalue weighted by molar-refractivity contribution is 14.0. The van der Waals surface area contributed by atoms with Crippen molar-refractivity contribution in [1.29, 1.82) is 0 Å². The lowest BCUT2D eigenvalue weighted by molar-refractivity contribution is -0.121. The SMILES string of the molecule is CN=C(NCCCC(=O)NC1CC1)NCC(C)c1ccsc1.I. The molecule has 0 spiro atoms. The second-order valence-corrected chi connectivity index (χ2v) is 6.56. The van der Waals surface area contributed by atoms with Crippen molar-refractivity contribution >= 4 is 47.2 Å². The summed E-state index contributed by atoms with van der Waals surface area (Å²) in [7, 11) is 1.77. The van der Waals surface area contributed by atoms with E-state index in [1.807, 2.05) is 0 Å². The van der Waals surface area contributed by atoms with Crippen LogP contribution in [-0.2, 0) is 4.79 Å². The fourth-order valence-corrected chi connectivity index (χ4v) is 2.91. The molecule has 0 aliphatic heterocycles. The zero-order chi connectivity index (χ0) is 15.8. The van der Waals surface area contributed by atoms with Crippen molar-refractivity contribution in [3.05, 3.63) is 22.4 Å². The first kappa shape index (κ1) is 20.2. The normalized spacial score (nSPS) is 15.5. The fourth-order valence-electron chi connectivity index (χ4n) is 2.13. The van der Waals surface area contributed by atoms with E-state index in [1.165, 1.54) is 5.56 Å². The molecule has 1 aromatic heterocycles. The molecule has 0 bridgehead atoms. The van der Waals surface area contributed by atoms with Crippen LogP contribution >= 0.6 is 35.3 Å². The average Bonchev–Trinajstić information content (AvgIpc) is 3.15. The molecule has 5 nitrogen and oxygen atoms in total. The Bertz CT molecular complexity index is 488. The van der Waals surface area contributed by atoms with Crippen LogP contribution < -0.4 is 16.0 Å². The summed E-state index contributed by atoms with van der Waals surface area (Å²) in [4.78, 5) is 15.8. The number of nitrogens with zero attached hydrogens (tertiary/aromatic N) is 1. The van der Waals surface area contributed by atoms with Crippen molar-refractivity contribution < 1.29 is 4.79 Å². The predicted octanol–water partition coefficient (Wildman–Crippen LogP) is 2.69. The number of guanidine groups is 1. The summed E-state index contributed by atoms with van der Waals surface area (Å²) in [6.07, 6.45) is 3.68. The minimum absolute atomic E-state index is 0. The highest BCUT2D eigenvalue weighted by Gasteiger charge is 2.22. The highest BCUT2D eigenvalue weighted by atomic mass is 127. The van der Waals surface area contributed by atoms with Gasteiger partial charge < -0.3 is 16.0 Å². The largest absolute Gasteiger partial charge is 0.356 e. The molecule has 1 amide bonds. The van der Waals surface area contributed by atoms with E-state index >= 15 is 0 Å². The quantitative estimate of drug-likeness (QED) is 0.247. The Kier molecular flexibility index (Phi) is 9.54. The number of halogens is 1. The number of aliphatic imine (C=N–C) groups is 1. The average molecular weight is 450 g/mol. The van der Waals surface area contributed by atoms with Gasteiger partial charge in [-0.25, -0.2) is 0 Å². The van der Waals surface area contributed by atoms with Gasteiger partial charge in [-0.3, -0.25) is 9.79 Å². The van der Waals surface area contributed by atoms with Gasteiger partial charge in [0.1, 0.15) is 0 Å². The number of hydrogen-bond acceptors (Lipinski definition) is 3. The summed E-state index contributed by atoms with van der Waals surface area (Å²) >= 11 is 1.72. The van der Waals surface area contributed by atoms with Crippen molar-refractivity contribution in [3.63, 3.8) is 0 Å². The van der Waals surface area contributed by atoms with Gasteiger partial charge in [0.05, 0.1) is 0 Å². The molecule has 1 heterocycles. The molecule has 0 saturated heterocycles. The van der Waals surface area contributed by atoms with Crippen LogP contribution in [-0.4, -0.2) is 38.0 Å². The predicted molar refractivity (Wildman–Crippen MR) is 108 cm³/mol. The topological polar surface area (TPSA) is 65.5 Å². The second-order valence-electron chi connectivity index (χ2n) is 5.78. The summed E-state index contributed by atoms with van der Waals surface area (Å²) in [5.74, 6) is 1.41. The maximum absolute atomic E-state index is 11.6. The lowest BCUT2D eigenvalue weighted by Gasteiger charge is -2.15. The van der Waals surface area contributed by atoms with Gasteiger partial charge in [-0.15, -0.1) is 24.0 Å². The molecule has 23 heavy (non-hydrogen) atoms. The molecule has 3 N–H and O–H groups in total. The number of carbonyl (C=O) groups excluding carboxylic acids is 1. The maximum atomic E-state index is 11.6. The van der Waals surface area contributed by atoms with Gasteiger partial charge in [-0.2, -0.15) is 11.3 Å². The molecule has 7 heteroatoms. The molecule has 1 aromatic rings. The molecular formula is C16H27IN4OS. The Morgan fingerprint density at radius 1 is 1.43 bits per heavy atom. The van der Waals surface area contributed by atoms with E-state index in [2.05, 4.69) is 44.7 Å². The van der Waals surface area contributed by atoms with E-state index < -0.39 is 0 Å². The smallest absolute Gasteiger partial charge is 0.220 e. The molecule has 2 rings (SSSR count). The first-order chi connectivity index (χ1) is 10.7.